The van der Waals surface area contributed by atoms with Crippen molar-refractivity contribution in [2.45, 2.75) is 58.0 Å². The van der Waals surface area contributed by atoms with E-state index in [4.69, 9.17) is 5.73 Å². The van der Waals surface area contributed by atoms with E-state index in [0.717, 1.165) is 18.4 Å². The predicted octanol–water partition coefficient (Wildman–Crippen LogP) is 2.34. The molecule has 0 atom stereocenters. The molecule has 120 valence electrons. The molecule has 5 nitrogen and oxygen atoms in total. The summed E-state index contributed by atoms with van der Waals surface area (Å²) >= 11 is 0. The first-order chi connectivity index (χ1) is 10.3. The number of nitrogens with two attached hydrogens (primary N) is 1. The molecule has 0 heterocycles. The first-order valence-corrected chi connectivity index (χ1v) is 7.84. The Balaban J connectivity index is 2.15. The number of hydrogen-bond donors (Lipinski definition) is 3. The van der Waals surface area contributed by atoms with Gasteiger partial charge in [-0.15, -0.1) is 0 Å². The zero-order chi connectivity index (χ0) is 16.3. The third-order valence-electron chi connectivity index (χ3n) is 4.11. The van der Waals surface area contributed by atoms with E-state index in [9.17, 15) is 9.59 Å². The van der Waals surface area contributed by atoms with Crippen molar-refractivity contribution in [3.05, 3.63) is 29.3 Å². The van der Waals surface area contributed by atoms with Crippen molar-refractivity contribution >= 4 is 17.5 Å². The van der Waals surface area contributed by atoms with Gasteiger partial charge in [0.25, 0.3) is 5.91 Å². The van der Waals surface area contributed by atoms with Gasteiger partial charge in [-0.3, -0.25) is 9.59 Å². The average Bonchev–Trinajstić information content (AvgIpc) is 2.88. The Morgan fingerprint density at radius 3 is 2.45 bits per heavy atom. The van der Waals surface area contributed by atoms with Crippen LogP contribution >= 0.6 is 0 Å². The summed E-state index contributed by atoms with van der Waals surface area (Å²) in [5.41, 5.74) is 7.44. The standard InChI is InChI=1S/C17H25N3O2/c1-11(2)19-15(21)14-10-13(7-6-12(14)3)20-16(22)17(18)8-4-5-9-17/h6-7,10-11H,4-5,8-9,18H2,1-3H3,(H,19,21)(H,20,22). The van der Waals surface area contributed by atoms with Gasteiger partial charge in [-0.25, -0.2) is 0 Å². The smallest absolute Gasteiger partial charge is 0.251 e. The van der Waals surface area contributed by atoms with Crippen molar-refractivity contribution in [2.75, 3.05) is 5.32 Å². The van der Waals surface area contributed by atoms with Crippen molar-refractivity contribution in [1.82, 2.24) is 5.32 Å². The number of rotatable bonds is 4. The fourth-order valence-corrected chi connectivity index (χ4v) is 2.77. The first kappa shape index (κ1) is 16.5. The lowest BCUT2D eigenvalue weighted by molar-refractivity contribution is -0.121. The van der Waals surface area contributed by atoms with Crippen LogP contribution in [0.1, 0.15) is 55.5 Å². The SMILES string of the molecule is Cc1ccc(NC(=O)C2(N)CCCC2)cc1C(=O)NC(C)C. The summed E-state index contributed by atoms with van der Waals surface area (Å²) in [6.07, 6.45) is 3.40. The lowest BCUT2D eigenvalue weighted by atomic mass is 9.97. The average molecular weight is 303 g/mol. The molecule has 1 fully saturated rings. The summed E-state index contributed by atoms with van der Waals surface area (Å²) in [5.74, 6) is -0.295. The lowest BCUT2D eigenvalue weighted by Crippen LogP contribution is -2.48. The summed E-state index contributed by atoms with van der Waals surface area (Å²) in [7, 11) is 0. The summed E-state index contributed by atoms with van der Waals surface area (Å²) in [4.78, 5) is 24.5. The Kier molecular flexibility index (Phi) is 4.86. The summed E-state index contributed by atoms with van der Waals surface area (Å²) in [6, 6.07) is 5.42. The van der Waals surface area contributed by atoms with Crippen LogP contribution in [0.15, 0.2) is 18.2 Å². The first-order valence-electron chi connectivity index (χ1n) is 7.84. The van der Waals surface area contributed by atoms with Gasteiger partial charge in [-0.2, -0.15) is 0 Å². The van der Waals surface area contributed by atoms with Gasteiger partial charge in [0.15, 0.2) is 0 Å². The molecule has 1 saturated carbocycles. The zero-order valence-corrected chi connectivity index (χ0v) is 13.5. The van der Waals surface area contributed by atoms with Crippen molar-refractivity contribution in [3.8, 4) is 0 Å². The minimum atomic E-state index is -0.773. The van der Waals surface area contributed by atoms with E-state index < -0.39 is 5.54 Å². The molecule has 0 spiro atoms. The molecular formula is C17H25N3O2. The normalized spacial score (nSPS) is 16.6. The highest BCUT2D eigenvalue weighted by molar-refractivity contribution is 6.01. The summed E-state index contributed by atoms with van der Waals surface area (Å²) in [5, 5.41) is 5.72. The van der Waals surface area contributed by atoms with Crippen LogP contribution in [-0.4, -0.2) is 23.4 Å². The van der Waals surface area contributed by atoms with E-state index in [-0.39, 0.29) is 17.9 Å². The third kappa shape index (κ3) is 3.65. The topological polar surface area (TPSA) is 84.2 Å². The number of hydrogen-bond acceptors (Lipinski definition) is 3. The minimum absolute atomic E-state index is 0.0657. The van der Waals surface area contributed by atoms with Gasteiger partial charge in [0.1, 0.15) is 0 Å². The Bertz CT molecular complexity index is 575. The molecule has 0 aromatic heterocycles. The largest absolute Gasteiger partial charge is 0.350 e. The van der Waals surface area contributed by atoms with Crippen LogP contribution in [0, 0.1) is 6.92 Å². The van der Waals surface area contributed by atoms with Gasteiger partial charge >= 0.3 is 0 Å². The highest BCUT2D eigenvalue weighted by Gasteiger charge is 2.37. The number of carbonyl (C=O) groups excluding carboxylic acids is 2. The molecule has 0 unspecified atom stereocenters. The molecule has 22 heavy (non-hydrogen) atoms. The molecule has 0 bridgehead atoms. The number of carbonyl (C=O) groups is 2. The molecule has 1 aromatic rings. The molecule has 0 radical (unpaired) electrons. The molecule has 5 heteroatoms. The second-order valence-electron chi connectivity index (χ2n) is 6.48. The Morgan fingerprint density at radius 1 is 1.23 bits per heavy atom. The molecule has 0 saturated heterocycles. The third-order valence-corrected chi connectivity index (χ3v) is 4.11. The monoisotopic (exact) mass is 303 g/mol. The number of anilines is 1. The maximum Gasteiger partial charge on any atom is 0.251 e. The second kappa shape index (κ2) is 6.48. The van der Waals surface area contributed by atoms with E-state index in [1.807, 2.05) is 26.8 Å². The fraction of sp³-hybridized carbons (Fsp3) is 0.529. The molecule has 1 aliphatic rings. The number of aryl methyl sites for hydroxylation is 1. The van der Waals surface area contributed by atoms with E-state index >= 15 is 0 Å². The number of benzene rings is 1. The van der Waals surface area contributed by atoms with E-state index in [0.29, 0.717) is 24.1 Å². The van der Waals surface area contributed by atoms with Gasteiger partial charge in [-0.1, -0.05) is 18.9 Å². The Labute approximate surface area is 131 Å². The Morgan fingerprint density at radius 2 is 1.86 bits per heavy atom. The van der Waals surface area contributed by atoms with Crippen LogP contribution in [-0.2, 0) is 4.79 Å². The molecule has 1 aromatic carbocycles. The maximum absolute atomic E-state index is 12.3. The number of nitrogens with one attached hydrogen (secondary N) is 2. The van der Waals surface area contributed by atoms with Crippen molar-refractivity contribution in [3.63, 3.8) is 0 Å². The Hall–Kier alpha value is -1.88. The highest BCUT2D eigenvalue weighted by atomic mass is 16.2. The predicted molar refractivity (Wildman–Crippen MR) is 87.8 cm³/mol. The van der Waals surface area contributed by atoms with Gasteiger partial charge in [-0.05, 0) is 51.3 Å². The second-order valence-corrected chi connectivity index (χ2v) is 6.48. The molecule has 1 aliphatic carbocycles. The van der Waals surface area contributed by atoms with Gasteiger partial charge in [0, 0.05) is 17.3 Å². The molecule has 0 aliphatic heterocycles. The van der Waals surface area contributed by atoms with Crippen molar-refractivity contribution < 1.29 is 9.59 Å². The van der Waals surface area contributed by atoms with Crippen LogP contribution in [0.25, 0.3) is 0 Å². The maximum atomic E-state index is 12.3. The van der Waals surface area contributed by atoms with Crippen LogP contribution in [0.2, 0.25) is 0 Å². The van der Waals surface area contributed by atoms with Crippen LogP contribution < -0.4 is 16.4 Å². The highest BCUT2D eigenvalue weighted by Crippen LogP contribution is 2.28. The van der Waals surface area contributed by atoms with E-state index in [1.54, 1.807) is 12.1 Å². The molecule has 4 N–H and O–H groups in total. The van der Waals surface area contributed by atoms with E-state index in [1.165, 1.54) is 0 Å². The molecule has 2 rings (SSSR count). The van der Waals surface area contributed by atoms with Crippen molar-refractivity contribution in [1.29, 1.82) is 0 Å². The minimum Gasteiger partial charge on any atom is -0.350 e. The van der Waals surface area contributed by atoms with Gasteiger partial charge in [0.05, 0.1) is 5.54 Å². The van der Waals surface area contributed by atoms with E-state index in [2.05, 4.69) is 10.6 Å². The quantitative estimate of drug-likeness (QED) is 0.798. The summed E-state index contributed by atoms with van der Waals surface area (Å²) in [6.45, 7) is 5.70. The molecule has 2 amide bonds. The van der Waals surface area contributed by atoms with Crippen molar-refractivity contribution in [2.24, 2.45) is 5.73 Å². The fourth-order valence-electron chi connectivity index (χ4n) is 2.77. The van der Waals surface area contributed by atoms with Crippen LogP contribution in [0.3, 0.4) is 0 Å². The molecular weight excluding hydrogens is 278 g/mol. The zero-order valence-electron chi connectivity index (χ0n) is 13.5. The van der Waals surface area contributed by atoms with Crippen LogP contribution in [0.4, 0.5) is 5.69 Å². The lowest BCUT2D eigenvalue weighted by Gasteiger charge is -2.22. The van der Waals surface area contributed by atoms with Gasteiger partial charge < -0.3 is 16.4 Å². The van der Waals surface area contributed by atoms with Crippen LogP contribution in [0.5, 0.6) is 0 Å². The summed E-state index contributed by atoms with van der Waals surface area (Å²) < 4.78 is 0. The van der Waals surface area contributed by atoms with Gasteiger partial charge in [0.2, 0.25) is 5.91 Å². The number of amides is 2.